The van der Waals surface area contributed by atoms with E-state index in [1.807, 2.05) is 0 Å². The molecule has 6 nitrogen and oxygen atoms in total. The first-order chi connectivity index (χ1) is 10.3. The van der Waals surface area contributed by atoms with Crippen LogP contribution in [0, 0.1) is 6.92 Å². The molecule has 0 atom stereocenters. The van der Waals surface area contributed by atoms with Gasteiger partial charge in [-0.1, -0.05) is 0 Å². The maximum absolute atomic E-state index is 12.2. The lowest BCUT2D eigenvalue weighted by atomic mass is 10.1. The van der Waals surface area contributed by atoms with Gasteiger partial charge in [0.25, 0.3) is 11.8 Å². The van der Waals surface area contributed by atoms with Crippen LogP contribution in [0.5, 0.6) is 0 Å². The highest BCUT2D eigenvalue weighted by molar-refractivity contribution is 9.11. The van der Waals surface area contributed by atoms with Crippen LogP contribution >= 0.6 is 38.6 Å². The van der Waals surface area contributed by atoms with Gasteiger partial charge in [-0.05, 0) is 40.5 Å². The summed E-state index contributed by atoms with van der Waals surface area (Å²) in [5.74, 6) is -1.67. The van der Waals surface area contributed by atoms with E-state index in [-0.39, 0.29) is 21.3 Å². The molecule has 116 valence electrons. The maximum Gasteiger partial charge on any atom is 0.348 e. The van der Waals surface area contributed by atoms with Crippen LogP contribution in [0.15, 0.2) is 15.9 Å². The summed E-state index contributed by atoms with van der Waals surface area (Å²) in [5, 5.41) is 2.86. The molecule has 0 aliphatic rings. The van der Waals surface area contributed by atoms with Crippen molar-refractivity contribution in [2.24, 2.45) is 5.73 Å². The normalized spacial score (nSPS) is 10.3. The van der Waals surface area contributed by atoms with E-state index in [0.717, 1.165) is 15.1 Å². The first-order valence-electron chi connectivity index (χ1n) is 5.93. The Hall–Kier alpha value is -1.71. The number of thiophene rings is 2. The summed E-state index contributed by atoms with van der Waals surface area (Å²) in [7, 11) is 1.24. The maximum atomic E-state index is 12.2. The average molecular weight is 403 g/mol. The molecule has 2 heterocycles. The Balaban J connectivity index is 2.39. The zero-order valence-corrected chi connectivity index (χ0v) is 14.8. The molecular formula is C13H11BrN2O4S2. The number of nitrogens with one attached hydrogen (secondary N) is 1. The summed E-state index contributed by atoms with van der Waals surface area (Å²) in [6.45, 7) is 1.58. The number of nitrogens with two attached hydrogens (primary N) is 1. The lowest BCUT2D eigenvalue weighted by molar-refractivity contribution is 0.0605. The fraction of sp³-hybridized carbons (Fsp3) is 0.154. The van der Waals surface area contributed by atoms with Gasteiger partial charge in [0.2, 0.25) is 0 Å². The van der Waals surface area contributed by atoms with Crippen molar-refractivity contribution in [3.05, 3.63) is 36.8 Å². The highest BCUT2D eigenvalue weighted by Crippen LogP contribution is 2.34. The molecule has 0 aliphatic heterocycles. The highest BCUT2D eigenvalue weighted by Gasteiger charge is 2.25. The number of hydrogen-bond acceptors (Lipinski definition) is 6. The largest absolute Gasteiger partial charge is 0.465 e. The van der Waals surface area contributed by atoms with E-state index < -0.39 is 11.9 Å². The predicted molar refractivity (Wildman–Crippen MR) is 88.9 cm³/mol. The Labute approximate surface area is 142 Å². The number of halogens is 1. The van der Waals surface area contributed by atoms with Crippen LogP contribution in [0.3, 0.4) is 0 Å². The minimum Gasteiger partial charge on any atom is -0.465 e. The number of primary amides is 1. The number of ether oxygens (including phenoxy) is 1. The van der Waals surface area contributed by atoms with Crippen molar-refractivity contribution in [2.45, 2.75) is 6.92 Å². The monoisotopic (exact) mass is 402 g/mol. The van der Waals surface area contributed by atoms with E-state index in [2.05, 4.69) is 26.0 Å². The van der Waals surface area contributed by atoms with Crippen molar-refractivity contribution in [2.75, 3.05) is 12.4 Å². The Kier molecular flexibility index (Phi) is 4.99. The van der Waals surface area contributed by atoms with Gasteiger partial charge < -0.3 is 15.8 Å². The molecule has 0 saturated carbocycles. The molecule has 0 saturated heterocycles. The van der Waals surface area contributed by atoms with Crippen LogP contribution in [0.1, 0.15) is 35.3 Å². The number of amides is 2. The second-order valence-electron chi connectivity index (χ2n) is 4.17. The zero-order valence-electron chi connectivity index (χ0n) is 11.6. The average Bonchev–Trinajstić information content (AvgIpc) is 3.02. The molecule has 2 aromatic rings. The van der Waals surface area contributed by atoms with Gasteiger partial charge in [-0.3, -0.25) is 9.59 Å². The molecule has 0 aliphatic carbocycles. The molecule has 3 N–H and O–H groups in total. The molecule has 0 unspecified atom stereocenters. The number of hydrogen-bond donors (Lipinski definition) is 2. The van der Waals surface area contributed by atoms with Crippen LogP contribution in [-0.2, 0) is 4.74 Å². The minimum atomic E-state index is -0.716. The molecule has 0 radical (unpaired) electrons. The molecule has 0 spiro atoms. The third-order valence-electron chi connectivity index (χ3n) is 2.79. The number of methoxy groups -OCH3 is 1. The van der Waals surface area contributed by atoms with Gasteiger partial charge in [0.1, 0.15) is 9.88 Å². The second kappa shape index (κ2) is 6.59. The molecular weight excluding hydrogens is 392 g/mol. The number of rotatable bonds is 4. The fourth-order valence-electron chi connectivity index (χ4n) is 1.79. The van der Waals surface area contributed by atoms with Crippen molar-refractivity contribution >= 4 is 61.4 Å². The van der Waals surface area contributed by atoms with Crippen LogP contribution < -0.4 is 11.1 Å². The van der Waals surface area contributed by atoms with Crippen molar-refractivity contribution < 1.29 is 19.1 Å². The van der Waals surface area contributed by atoms with Gasteiger partial charge in [-0.2, -0.15) is 0 Å². The number of esters is 1. The van der Waals surface area contributed by atoms with E-state index in [1.54, 1.807) is 19.1 Å². The molecule has 2 aromatic heterocycles. The van der Waals surface area contributed by atoms with E-state index in [1.165, 1.54) is 18.4 Å². The molecule has 2 amide bonds. The third kappa shape index (κ3) is 3.21. The SMILES string of the molecule is COC(=O)c1sc(NC(=O)c2ccc(Br)s2)c(C(N)=O)c1C. The van der Waals surface area contributed by atoms with Gasteiger partial charge in [-0.15, -0.1) is 22.7 Å². The molecule has 0 aromatic carbocycles. The first kappa shape index (κ1) is 16.7. The summed E-state index contributed by atoms with van der Waals surface area (Å²) in [6.07, 6.45) is 0. The smallest absolute Gasteiger partial charge is 0.348 e. The third-order valence-corrected chi connectivity index (χ3v) is 5.60. The quantitative estimate of drug-likeness (QED) is 0.767. The Bertz CT molecular complexity index is 766. The van der Waals surface area contributed by atoms with E-state index in [0.29, 0.717) is 10.4 Å². The second-order valence-corrected chi connectivity index (χ2v) is 7.66. The van der Waals surface area contributed by atoms with Crippen molar-refractivity contribution in [3.63, 3.8) is 0 Å². The van der Waals surface area contributed by atoms with E-state index in [9.17, 15) is 14.4 Å². The van der Waals surface area contributed by atoms with Crippen molar-refractivity contribution in [1.82, 2.24) is 0 Å². The van der Waals surface area contributed by atoms with Gasteiger partial charge in [0.05, 0.1) is 21.3 Å². The summed E-state index contributed by atoms with van der Waals surface area (Å²) in [4.78, 5) is 36.2. The first-order valence-corrected chi connectivity index (χ1v) is 8.36. The van der Waals surface area contributed by atoms with Gasteiger partial charge in [0, 0.05) is 0 Å². The minimum absolute atomic E-state index is 0.120. The topological polar surface area (TPSA) is 98.5 Å². The Morgan fingerprint density at radius 2 is 1.95 bits per heavy atom. The summed E-state index contributed by atoms with van der Waals surface area (Å²) < 4.78 is 5.47. The van der Waals surface area contributed by atoms with Crippen LogP contribution in [0.4, 0.5) is 5.00 Å². The summed E-state index contributed by atoms with van der Waals surface area (Å²) in [5.41, 5.74) is 5.86. The van der Waals surface area contributed by atoms with E-state index in [4.69, 9.17) is 5.73 Å². The Morgan fingerprint density at radius 3 is 2.45 bits per heavy atom. The van der Waals surface area contributed by atoms with Gasteiger partial charge in [-0.25, -0.2) is 4.79 Å². The lowest BCUT2D eigenvalue weighted by Crippen LogP contribution is -2.17. The lowest BCUT2D eigenvalue weighted by Gasteiger charge is -2.03. The predicted octanol–water partition coefficient (Wildman–Crippen LogP) is 3.02. The van der Waals surface area contributed by atoms with Gasteiger partial charge in [0.15, 0.2) is 0 Å². The molecule has 0 fully saturated rings. The molecule has 0 bridgehead atoms. The summed E-state index contributed by atoms with van der Waals surface area (Å²) >= 11 is 5.49. The fourth-order valence-corrected chi connectivity index (χ4v) is 4.19. The van der Waals surface area contributed by atoms with Crippen LogP contribution in [0.2, 0.25) is 0 Å². The number of anilines is 1. The van der Waals surface area contributed by atoms with Crippen LogP contribution in [0.25, 0.3) is 0 Å². The number of carbonyl (C=O) groups is 3. The molecule has 22 heavy (non-hydrogen) atoms. The van der Waals surface area contributed by atoms with Crippen LogP contribution in [-0.4, -0.2) is 24.9 Å². The van der Waals surface area contributed by atoms with Gasteiger partial charge >= 0.3 is 5.97 Å². The summed E-state index contributed by atoms with van der Waals surface area (Å²) in [6, 6.07) is 3.39. The van der Waals surface area contributed by atoms with Crippen molar-refractivity contribution in [3.8, 4) is 0 Å². The Morgan fingerprint density at radius 1 is 1.27 bits per heavy atom. The highest BCUT2D eigenvalue weighted by atomic mass is 79.9. The zero-order chi connectivity index (χ0) is 16.4. The molecule has 9 heteroatoms. The molecule has 2 rings (SSSR count). The van der Waals surface area contributed by atoms with Crippen molar-refractivity contribution in [1.29, 1.82) is 0 Å². The number of carbonyl (C=O) groups excluding carboxylic acids is 3. The van der Waals surface area contributed by atoms with E-state index >= 15 is 0 Å². The standard InChI is InChI=1S/C13H11BrN2O4S2/c1-5-8(10(15)17)12(22-9(5)13(19)20-2)16-11(18)6-3-4-7(14)21-6/h3-4H,1-2H3,(H2,15,17)(H,16,18).